The van der Waals surface area contributed by atoms with Crippen molar-refractivity contribution in [3.05, 3.63) is 0 Å². The first-order chi connectivity index (χ1) is 11.2. The number of likely N-dealkylation sites (tertiary alicyclic amines) is 1. The monoisotopic (exact) mass is 324 g/mol. The molecule has 0 aromatic heterocycles. The minimum atomic E-state index is -0.462. The molecule has 0 aromatic rings. The summed E-state index contributed by atoms with van der Waals surface area (Å²) in [6, 6.07) is 0.365. The Morgan fingerprint density at radius 1 is 0.957 bits per heavy atom. The molecule has 130 valence electrons. The highest BCUT2D eigenvalue weighted by Crippen LogP contribution is 2.22. The lowest BCUT2D eigenvalue weighted by atomic mass is 9.92. The van der Waals surface area contributed by atoms with E-state index in [0.29, 0.717) is 39.0 Å². The van der Waals surface area contributed by atoms with Crippen LogP contribution in [0.3, 0.4) is 0 Å². The van der Waals surface area contributed by atoms with E-state index in [-0.39, 0.29) is 17.7 Å². The Balaban J connectivity index is 1.42. The highest BCUT2D eigenvalue weighted by molar-refractivity contribution is 5.82. The fourth-order valence-electron chi connectivity index (χ4n) is 3.76. The van der Waals surface area contributed by atoms with E-state index >= 15 is 0 Å². The van der Waals surface area contributed by atoms with Gasteiger partial charge in [-0.3, -0.25) is 9.59 Å². The lowest BCUT2D eigenvalue weighted by molar-refractivity contribution is -0.159. The Bertz CT molecular complexity index is 409. The molecular weight excluding hydrogens is 296 g/mol. The molecule has 0 spiro atoms. The van der Waals surface area contributed by atoms with Gasteiger partial charge in [0.15, 0.2) is 6.10 Å². The Hall–Kier alpha value is -1.14. The SMILES string of the molecule is O=C(NC1CCCCC1)C1CCN(C(=O)C2COCCO2)CC1. The van der Waals surface area contributed by atoms with Gasteiger partial charge in [0.05, 0.1) is 19.8 Å². The van der Waals surface area contributed by atoms with E-state index in [1.807, 2.05) is 4.90 Å². The molecule has 2 heterocycles. The number of rotatable bonds is 3. The Kier molecular flexibility index (Phi) is 5.89. The van der Waals surface area contributed by atoms with Crippen LogP contribution in [0.1, 0.15) is 44.9 Å². The van der Waals surface area contributed by atoms with E-state index in [0.717, 1.165) is 25.7 Å². The maximum absolute atomic E-state index is 12.4. The summed E-state index contributed by atoms with van der Waals surface area (Å²) in [7, 11) is 0. The van der Waals surface area contributed by atoms with Crippen molar-refractivity contribution in [2.75, 3.05) is 32.9 Å². The van der Waals surface area contributed by atoms with Gasteiger partial charge in [-0.25, -0.2) is 0 Å². The van der Waals surface area contributed by atoms with Crippen molar-refractivity contribution >= 4 is 11.8 Å². The topological polar surface area (TPSA) is 67.9 Å². The van der Waals surface area contributed by atoms with E-state index in [4.69, 9.17) is 9.47 Å². The van der Waals surface area contributed by atoms with Crippen LogP contribution in [0, 0.1) is 5.92 Å². The van der Waals surface area contributed by atoms with E-state index < -0.39 is 6.10 Å². The molecule has 3 rings (SSSR count). The van der Waals surface area contributed by atoms with Crippen LogP contribution in [0.4, 0.5) is 0 Å². The Labute approximate surface area is 137 Å². The molecule has 0 bridgehead atoms. The number of carbonyl (C=O) groups excluding carboxylic acids is 2. The predicted molar refractivity (Wildman–Crippen MR) is 84.9 cm³/mol. The van der Waals surface area contributed by atoms with Gasteiger partial charge < -0.3 is 19.7 Å². The second-order valence-electron chi connectivity index (χ2n) is 6.88. The molecule has 0 aromatic carbocycles. The molecule has 1 N–H and O–H groups in total. The van der Waals surface area contributed by atoms with Crippen molar-refractivity contribution in [3.63, 3.8) is 0 Å². The molecule has 1 aliphatic carbocycles. The summed E-state index contributed by atoms with van der Waals surface area (Å²) in [6.45, 7) is 2.67. The number of ether oxygens (including phenoxy) is 2. The smallest absolute Gasteiger partial charge is 0.254 e. The first kappa shape index (κ1) is 16.7. The summed E-state index contributed by atoms with van der Waals surface area (Å²) >= 11 is 0. The fourth-order valence-corrected chi connectivity index (χ4v) is 3.76. The maximum Gasteiger partial charge on any atom is 0.254 e. The van der Waals surface area contributed by atoms with Crippen LogP contribution in [0.5, 0.6) is 0 Å². The van der Waals surface area contributed by atoms with Gasteiger partial charge in [0.25, 0.3) is 5.91 Å². The summed E-state index contributed by atoms with van der Waals surface area (Å²) in [5.41, 5.74) is 0. The van der Waals surface area contributed by atoms with Gasteiger partial charge in [-0.15, -0.1) is 0 Å². The van der Waals surface area contributed by atoms with Crippen molar-refractivity contribution < 1.29 is 19.1 Å². The normalized spacial score (nSPS) is 27.7. The number of hydrogen-bond acceptors (Lipinski definition) is 4. The largest absolute Gasteiger partial charge is 0.376 e. The van der Waals surface area contributed by atoms with E-state index in [9.17, 15) is 9.59 Å². The highest BCUT2D eigenvalue weighted by atomic mass is 16.6. The molecule has 2 saturated heterocycles. The van der Waals surface area contributed by atoms with Crippen LogP contribution >= 0.6 is 0 Å². The van der Waals surface area contributed by atoms with Crippen molar-refractivity contribution in [1.29, 1.82) is 0 Å². The standard InChI is InChI=1S/C17H28N2O4/c20-16(18-14-4-2-1-3-5-14)13-6-8-19(9-7-13)17(21)15-12-22-10-11-23-15/h13-15H,1-12H2,(H,18,20). The average molecular weight is 324 g/mol. The molecule has 3 aliphatic rings. The van der Waals surface area contributed by atoms with Crippen LogP contribution in [0.25, 0.3) is 0 Å². The van der Waals surface area contributed by atoms with Crippen molar-refractivity contribution in [2.45, 2.75) is 57.1 Å². The van der Waals surface area contributed by atoms with Crippen molar-refractivity contribution in [3.8, 4) is 0 Å². The van der Waals surface area contributed by atoms with Gasteiger partial charge in [-0.05, 0) is 25.7 Å². The molecule has 23 heavy (non-hydrogen) atoms. The Morgan fingerprint density at radius 3 is 2.35 bits per heavy atom. The highest BCUT2D eigenvalue weighted by Gasteiger charge is 2.32. The fraction of sp³-hybridized carbons (Fsp3) is 0.882. The van der Waals surface area contributed by atoms with Gasteiger partial charge in [0.1, 0.15) is 0 Å². The summed E-state index contributed by atoms with van der Waals surface area (Å²) < 4.78 is 10.8. The number of nitrogens with one attached hydrogen (secondary N) is 1. The van der Waals surface area contributed by atoms with Gasteiger partial charge in [-0.1, -0.05) is 19.3 Å². The van der Waals surface area contributed by atoms with Gasteiger partial charge in [0.2, 0.25) is 5.91 Å². The zero-order valence-electron chi connectivity index (χ0n) is 13.8. The molecule has 1 unspecified atom stereocenters. The van der Waals surface area contributed by atoms with Crippen molar-refractivity contribution in [1.82, 2.24) is 10.2 Å². The molecule has 6 nitrogen and oxygen atoms in total. The summed E-state index contributed by atoms with van der Waals surface area (Å²) in [5.74, 6) is 0.238. The third kappa shape index (κ3) is 4.44. The van der Waals surface area contributed by atoms with Gasteiger partial charge >= 0.3 is 0 Å². The Morgan fingerprint density at radius 2 is 1.70 bits per heavy atom. The second kappa shape index (κ2) is 8.11. The molecule has 2 aliphatic heterocycles. The lowest BCUT2D eigenvalue weighted by Crippen LogP contribution is -2.50. The molecule has 1 saturated carbocycles. The summed E-state index contributed by atoms with van der Waals surface area (Å²) in [5, 5.41) is 3.21. The van der Waals surface area contributed by atoms with Crippen LogP contribution in [-0.4, -0.2) is 61.8 Å². The first-order valence-corrected chi connectivity index (χ1v) is 9.02. The lowest BCUT2D eigenvalue weighted by Gasteiger charge is -2.35. The van der Waals surface area contributed by atoms with Crippen LogP contribution in [0.15, 0.2) is 0 Å². The number of hydrogen-bond donors (Lipinski definition) is 1. The maximum atomic E-state index is 12.4. The molecule has 1 atom stereocenters. The molecule has 2 amide bonds. The molecule has 6 heteroatoms. The number of carbonyl (C=O) groups is 2. The van der Waals surface area contributed by atoms with E-state index in [1.165, 1.54) is 19.3 Å². The van der Waals surface area contributed by atoms with Crippen LogP contribution < -0.4 is 5.32 Å². The quantitative estimate of drug-likeness (QED) is 0.844. The minimum Gasteiger partial charge on any atom is -0.376 e. The van der Waals surface area contributed by atoms with E-state index in [2.05, 4.69) is 5.32 Å². The number of piperidine rings is 1. The minimum absolute atomic E-state index is 0.0100. The third-order valence-corrected chi connectivity index (χ3v) is 5.22. The van der Waals surface area contributed by atoms with Crippen molar-refractivity contribution in [2.24, 2.45) is 5.92 Å². The molecule has 0 radical (unpaired) electrons. The van der Waals surface area contributed by atoms with Crippen LogP contribution in [0.2, 0.25) is 0 Å². The zero-order valence-corrected chi connectivity index (χ0v) is 13.8. The van der Waals surface area contributed by atoms with E-state index in [1.54, 1.807) is 0 Å². The number of nitrogens with zero attached hydrogens (tertiary/aromatic N) is 1. The van der Waals surface area contributed by atoms with Crippen LogP contribution in [-0.2, 0) is 19.1 Å². The van der Waals surface area contributed by atoms with Gasteiger partial charge in [-0.2, -0.15) is 0 Å². The average Bonchev–Trinajstić information content (AvgIpc) is 2.63. The summed E-state index contributed by atoms with van der Waals surface area (Å²) in [6.07, 6.45) is 7.00. The molecule has 3 fully saturated rings. The third-order valence-electron chi connectivity index (χ3n) is 5.22. The zero-order chi connectivity index (χ0) is 16.1. The number of amides is 2. The molecular formula is C17H28N2O4. The van der Waals surface area contributed by atoms with Gasteiger partial charge in [0, 0.05) is 25.0 Å². The first-order valence-electron chi connectivity index (χ1n) is 9.02. The predicted octanol–water partition coefficient (Wildman–Crippen LogP) is 1.09. The summed E-state index contributed by atoms with van der Waals surface area (Å²) in [4.78, 5) is 26.6. The second-order valence-corrected chi connectivity index (χ2v) is 6.88.